The largest absolute Gasteiger partial charge is 0.388 e. The molecular formula is C7H8N2O. The third-order valence-corrected chi connectivity index (χ3v) is 1.49. The molecule has 3 nitrogen and oxygen atoms in total. The van der Waals surface area contributed by atoms with E-state index in [0.717, 1.165) is 12.1 Å². The van der Waals surface area contributed by atoms with Crippen LogP contribution in [0.3, 0.4) is 0 Å². The van der Waals surface area contributed by atoms with Crippen LogP contribution in [0.25, 0.3) is 0 Å². The molecule has 1 N–H and O–H groups in total. The van der Waals surface area contributed by atoms with E-state index >= 15 is 0 Å². The zero-order valence-electron chi connectivity index (χ0n) is 5.72. The number of aryl methyl sites for hydroxylation is 1. The molecule has 0 spiro atoms. The van der Waals surface area contributed by atoms with Crippen molar-refractivity contribution in [1.82, 2.24) is 10.5 Å². The van der Waals surface area contributed by atoms with E-state index in [4.69, 9.17) is 4.84 Å². The Morgan fingerprint density at radius 1 is 1.70 bits per heavy atom. The summed E-state index contributed by atoms with van der Waals surface area (Å²) < 4.78 is 0. The summed E-state index contributed by atoms with van der Waals surface area (Å²) >= 11 is 0. The zero-order chi connectivity index (χ0) is 6.97. The quantitative estimate of drug-likeness (QED) is 0.572. The van der Waals surface area contributed by atoms with Crippen molar-refractivity contribution in [3.8, 4) is 5.88 Å². The van der Waals surface area contributed by atoms with Crippen LogP contribution in [-0.4, -0.2) is 4.98 Å². The third-order valence-electron chi connectivity index (χ3n) is 1.49. The molecule has 10 heavy (non-hydrogen) atoms. The van der Waals surface area contributed by atoms with Gasteiger partial charge in [-0.15, -0.1) is 0 Å². The van der Waals surface area contributed by atoms with Gasteiger partial charge in [0.2, 0.25) is 5.88 Å². The summed E-state index contributed by atoms with van der Waals surface area (Å²) in [4.78, 5) is 9.07. The van der Waals surface area contributed by atoms with E-state index in [1.165, 1.54) is 5.56 Å². The lowest BCUT2D eigenvalue weighted by molar-refractivity contribution is 0.216. The van der Waals surface area contributed by atoms with Crippen LogP contribution in [0.5, 0.6) is 5.88 Å². The van der Waals surface area contributed by atoms with Crippen molar-refractivity contribution in [1.29, 1.82) is 0 Å². The van der Waals surface area contributed by atoms with Gasteiger partial charge in [-0.2, -0.15) is 5.48 Å². The molecule has 1 aromatic rings. The molecule has 0 aliphatic carbocycles. The average molecular weight is 136 g/mol. The van der Waals surface area contributed by atoms with Crippen LogP contribution in [0.15, 0.2) is 12.3 Å². The number of fused-ring (bicyclic) bond motifs is 1. The van der Waals surface area contributed by atoms with E-state index in [2.05, 4.69) is 16.5 Å². The molecule has 0 radical (unpaired) electrons. The Balaban J connectivity index is 2.52. The fraction of sp³-hybridized carbons (Fsp3) is 0.286. The first-order chi connectivity index (χ1) is 4.86. The minimum absolute atomic E-state index is 0.714. The molecule has 0 saturated carbocycles. The second-order valence-corrected chi connectivity index (χ2v) is 2.40. The highest BCUT2D eigenvalue weighted by Crippen LogP contribution is 2.19. The smallest absolute Gasteiger partial charge is 0.242 e. The first kappa shape index (κ1) is 5.68. The van der Waals surface area contributed by atoms with E-state index in [1.54, 1.807) is 6.20 Å². The maximum atomic E-state index is 4.99. The Bertz CT molecular complexity index is 260. The van der Waals surface area contributed by atoms with Gasteiger partial charge < -0.3 is 4.84 Å². The predicted octanol–water partition coefficient (Wildman–Crippen LogP) is 0.787. The van der Waals surface area contributed by atoms with Gasteiger partial charge in [0.15, 0.2) is 0 Å². The Kier molecular flexibility index (Phi) is 1.11. The summed E-state index contributed by atoms with van der Waals surface area (Å²) in [5, 5.41) is 0. The molecule has 2 rings (SSSR count). The van der Waals surface area contributed by atoms with Gasteiger partial charge in [0.05, 0.1) is 6.54 Å². The van der Waals surface area contributed by atoms with Crippen LogP contribution in [0.1, 0.15) is 11.1 Å². The Morgan fingerprint density at radius 3 is 3.50 bits per heavy atom. The van der Waals surface area contributed by atoms with Crippen molar-refractivity contribution < 1.29 is 4.84 Å². The lowest BCUT2D eigenvalue weighted by Gasteiger charge is -1.94. The number of hydroxylamine groups is 1. The van der Waals surface area contributed by atoms with Crippen LogP contribution in [0.4, 0.5) is 0 Å². The second-order valence-electron chi connectivity index (χ2n) is 2.40. The first-order valence-corrected chi connectivity index (χ1v) is 3.21. The van der Waals surface area contributed by atoms with Gasteiger partial charge in [0.1, 0.15) is 0 Å². The number of rotatable bonds is 0. The normalized spacial score (nSPS) is 14.5. The van der Waals surface area contributed by atoms with Crippen LogP contribution in [0, 0.1) is 6.92 Å². The highest BCUT2D eigenvalue weighted by atomic mass is 16.7. The minimum Gasteiger partial charge on any atom is -0.388 e. The number of pyridine rings is 1. The monoisotopic (exact) mass is 136 g/mol. The van der Waals surface area contributed by atoms with Crippen molar-refractivity contribution in [3.63, 3.8) is 0 Å². The molecule has 2 heterocycles. The van der Waals surface area contributed by atoms with Gasteiger partial charge in [-0.05, 0) is 18.6 Å². The maximum Gasteiger partial charge on any atom is 0.242 e. The van der Waals surface area contributed by atoms with Crippen molar-refractivity contribution in [2.45, 2.75) is 13.5 Å². The number of hydrogen-bond acceptors (Lipinski definition) is 3. The number of aromatic nitrogens is 1. The van der Waals surface area contributed by atoms with Gasteiger partial charge in [0, 0.05) is 11.8 Å². The Morgan fingerprint density at radius 2 is 2.60 bits per heavy atom. The number of nitrogens with zero attached hydrogens (tertiary/aromatic N) is 1. The zero-order valence-corrected chi connectivity index (χ0v) is 5.72. The molecule has 0 amide bonds. The molecule has 3 heteroatoms. The molecule has 0 saturated heterocycles. The molecule has 0 bridgehead atoms. The average Bonchev–Trinajstić information content (AvgIpc) is 2.33. The second kappa shape index (κ2) is 1.95. The molecule has 1 aromatic heterocycles. The Labute approximate surface area is 59.0 Å². The number of hydrogen-bond donors (Lipinski definition) is 1. The van der Waals surface area contributed by atoms with Gasteiger partial charge in [-0.3, -0.25) is 0 Å². The van der Waals surface area contributed by atoms with Crippen LogP contribution < -0.4 is 10.3 Å². The van der Waals surface area contributed by atoms with Crippen LogP contribution in [-0.2, 0) is 6.54 Å². The Hall–Kier alpha value is -1.09. The lowest BCUT2D eigenvalue weighted by atomic mass is 10.2. The minimum atomic E-state index is 0.714. The maximum absolute atomic E-state index is 4.99. The molecule has 1 aliphatic heterocycles. The molecule has 0 unspecified atom stereocenters. The molecule has 0 aromatic carbocycles. The lowest BCUT2D eigenvalue weighted by Crippen LogP contribution is -2.07. The van der Waals surface area contributed by atoms with Crippen molar-refractivity contribution in [2.75, 3.05) is 0 Å². The molecule has 0 atom stereocenters. The van der Waals surface area contributed by atoms with E-state index in [-0.39, 0.29) is 0 Å². The third kappa shape index (κ3) is 0.752. The summed E-state index contributed by atoms with van der Waals surface area (Å²) in [5.74, 6) is 0.714. The molecule has 52 valence electrons. The highest BCUT2D eigenvalue weighted by Gasteiger charge is 2.11. The fourth-order valence-electron chi connectivity index (χ4n) is 1.02. The summed E-state index contributed by atoms with van der Waals surface area (Å²) in [6.07, 6.45) is 1.80. The van der Waals surface area contributed by atoms with Crippen molar-refractivity contribution >= 4 is 0 Å². The van der Waals surface area contributed by atoms with Crippen molar-refractivity contribution in [2.24, 2.45) is 0 Å². The first-order valence-electron chi connectivity index (χ1n) is 3.21. The van der Waals surface area contributed by atoms with Gasteiger partial charge in [-0.25, -0.2) is 4.98 Å². The molecular weight excluding hydrogens is 128 g/mol. The summed E-state index contributed by atoms with van der Waals surface area (Å²) in [6.45, 7) is 2.79. The number of nitrogens with one attached hydrogen (secondary N) is 1. The van der Waals surface area contributed by atoms with Gasteiger partial charge >= 0.3 is 0 Å². The standard InChI is InChI=1S/C7H8N2O/c1-5-2-6-4-9-10-7(6)8-3-5/h2-3,9H,4H2,1H3. The summed E-state index contributed by atoms with van der Waals surface area (Å²) in [7, 11) is 0. The van der Waals surface area contributed by atoms with E-state index in [9.17, 15) is 0 Å². The van der Waals surface area contributed by atoms with E-state index < -0.39 is 0 Å². The summed E-state index contributed by atoms with van der Waals surface area (Å²) in [5.41, 5.74) is 5.06. The highest BCUT2D eigenvalue weighted by molar-refractivity contribution is 5.30. The topological polar surface area (TPSA) is 34.2 Å². The van der Waals surface area contributed by atoms with E-state index in [1.807, 2.05) is 6.92 Å². The predicted molar refractivity (Wildman–Crippen MR) is 36.4 cm³/mol. The molecule has 0 fully saturated rings. The van der Waals surface area contributed by atoms with Crippen LogP contribution >= 0.6 is 0 Å². The van der Waals surface area contributed by atoms with E-state index in [0.29, 0.717) is 5.88 Å². The van der Waals surface area contributed by atoms with Gasteiger partial charge in [-0.1, -0.05) is 0 Å². The van der Waals surface area contributed by atoms with Crippen LogP contribution in [0.2, 0.25) is 0 Å². The SMILES string of the molecule is Cc1cnc2c(c1)CNO2. The summed E-state index contributed by atoms with van der Waals surface area (Å²) in [6, 6.07) is 2.07. The fourth-order valence-corrected chi connectivity index (χ4v) is 1.02. The van der Waals surface area contributed by atoms with Crippen molar-refractivity contribution in [3.05, 3.63) is 23.4 Å². The van der Waals surface area contributed by atoms with Gasteiger partial charge in [0.25, 0.3) is 0 Å². The molecule has 1 aliphatic rings.